The van der Waals surface area contributed by atoms with Crippen molar-refractivity contribution in [1.29, 1.82) is 0 Å². The van der Waals surface area contributed by atoms with Crippen molar-refractivity contribution in [2.45, 2.75) is 50.1 Å². The lowest BCUT2D eigenvalue weighted by molar-refractivity contribution is -0.137. The number of benzene rings is 2. The van der Waals surface area contributed by atoms with Crippen molar-refractivity contribution < 1.29 is 18.0 Å². The first-order valence-electron chi connectivity index (χ1n) is 12.0. The Morgan fingerprint density at radius 3 is 2.37 bits per heavy atom. The van der Waals surface area contributed by atoms with Crippen molar-refractivity contribution >= 4 is 28.6 Å². The number of aromatic nitrogens is 4. The van der Waals surface area contributed by atoms with Gasteiger partial charge in [0.1, 0.15) is 23.0 Å². The van der Waals surface area contributed by atoms with Crippen molar-refractivity contribution in [2.24, 2.45) is 17.9 Å². The molecule has 11 heteroatoms. The van der Waals surface area contributed by atoms with Gasteiger partial charge in [-0.05, 0) is 41.7 Å². The summed E-state index contributed by atoms with van der Waals surface area (Å²) in [5.41, 5.74) is 9.05. The van der Waals surface area contributed by atoms with Gasteiger partial charge in [0.25, 0.3) is 0 Å². The molecule has 0 spiro atoms. The van der Waals surface area contributed by atoms with Gasteiger partial charge in [0.15, 0.2) is 11.7 Å². The fourth-order valence-electron chi connectivity index (χ4n) is 3.77. The summed E-state index contributed by atoms with van der Waals surface area (Å²) >= 11 is 1.45. The Morgan fingerprint density at radius 2 is 1.74 bits per heavy atom. The Morgan fingerprint density at radius 1 is 1.05 bits per heavy atom. The molecule has 0 fully saturated rings. The summed E-state index contributed by atoms with van der Waals surface area (Å²) in [5.74, 6) is 1.01. The van der Waals surface area contributed by atoms with Crippen LogP contribution >= 0.6 is 11.8 Å². The smallest absolute Gasteiger partial charge is 0.394 e. The van der Waals surface area contributed by atoms with Crippen LogP contribution in [0.3, 0.4) is 0 Å². The van der Waals surface area contributed by atoms with Gasteiger partial charge in [0, 0.05) is 12.8 Å². The van der Waals surface area contributed by atoms with Crippen LogP contribution in [0.5, 0.6) is 0 Å². The number of nitrogens with two attached hydrogens (primary N) is 1. The molecule has 2 N–H and O–H groups in total. The molecule has 0 saturated carbocycles. The summed E-state index contributed by atoms with van der Waals surface area (Å²) < 4.78 is 41.6. The van der Waals surface area contributed by atoms with E-state index in [2.05, 4.69) is 65.1 Å². The van der Waals surface area contributed by atoms with Gasteiger partial charge in [0.05, 0.1) is 22.8 Å². The van der Waals surface area contributed by atoms with Crippen LogP contribution in [-0.4, -0.2) is 32.0 Å². The Labute approximate surface area is 223 Å². The van der Waals surface area contributed by atoms with E-state index < -0.39 is 11.7 Å². The van der Waals surface area contributed by atoms with E-state index in [1.54, 1.807) is 18.5 Å². The third kappa shape index (κ3) is 5.93. The first-order valence-corrected chi connectivity index (χ1v) is 13.0. The maximum atomic E-state index is 13.3. The van der Waals surface area contributed by atoms with E-state index in [4.69, 9.17) is 10.6 Å². The van der Waals surface area contributed by atoms with Crippen LogP contribution in [0.1, 0.15) is 50.1 Å². The second-order valence-electron chi connectivity index (χ2n) is 9.73. The Balaban J connectivity index is 1.75. The SMILES string of the molecule is CCO/N=C(\N)c1cnc(SCc2ccc(C(C)(C)C)cc2)c(-c2nc3cc(C(F)(F)F)ccc3n2C)n1. The molecule has 0 saturated heterocycles. The third-order valence-electron chi connectivity index (χ3n) is 5.91. The summed E-state index contributed by atoms with van der Waals surface area (Å²) in [6.45, 7) is 8.59. The van der Waals surface area contributed by atoms with Crippen LogP contribution in [0, 0.1) is 0 Å². The predicted molar refractivity (Wildman–Crippen MR) is 144 cm³/mol. The van der Waals surface area contributed by atoms with Gasteiger partial charge in [-0.15, -0.1) is 0 Å². The van der Waals surface area contributed by atoms with Crippen LogP contribution in [0.15, 0.2) is 58.8 Å². The van der Waals surface area contributed by atoms with Crippen molar-refractivity contribution in [3.8, 4) is 11.5 Å². The lowest BCUT2D eigenvalue weighted by Gasteiger charge is -2.19. The van der Waals surface area contributed by atoms with Gasteiger partial charge in [-0.3, -0.25) is 0 Å². The Bertz CT molecular complexity index is 1470. The van der Waals surface area contributed by atoms with Gasteiger partial charge in [-0.2, -0.15) is 13.2 Å². The highest BCUT2D eigenvalue weighted by atomic mass is 32.2. The largest absolute Gasteiger partial charge is 0.416 e. The molecule has 0 bridgehead atoms. The van der Waals surface area contributed by atoms with Gasteiger partial charge in [-0.1, -0.05) is 62.0 Å². The first kappa shape index (κ1) is 27.4. The minimum Gasteiger partial charge on any atom is -0.394 e. The molecule has 0 aliphatic heterocycles. The number of halogens is 3. The Kier molecular flexibility index (Phi) is 7.68. The summed E-state index contributed by atoms with van der Waals surface area (Å²) in [6.07, 6.45) is -2.98. The van der Waals surface area contributed by atoms with Crippen molar-refractivity contribution in [3.63, 3.8) is 0 Å². The molecule has 4 aromatic rings. The van der Waals surface area contributed by atoms with E-state index in [9.17, 15) is 13.2 Å². The average Bonchev–Trinajstić information content (AvgIpc) is 3.20. The maximum Gasteiger partial charge on any atom is 0.416 e. The number of rotatable bonds is 7. The van der Waals surface area contributed by atoms with E-state index in [0.29, 0.717) is 34.4 Å². The number of oxime groups is 1. The van der Waals surface area contributed by atoms with Crippen molar-refractivity contribution in [1.82, 2.24) is 19.5 Å². The number of aryl methyl sites for hydroxylation is 1. The fraction of sp³-hybridized carbons (Fsp3) is 0.333. The molecule has 0 radical (unpaired) electrons. The number of fused-ring (bicyclic) bond motifs is 1. The zero-order valence-electron chi connectivity index (χ0n) is 21.8. The summed E-state index contributed by atoms with van der Waals surface area (Å²) in [7, 11) is 1.73. The number of nitrogens with zero attached hydrogens (tertiary/aromatic N) is 5. The molecule has 0 amide bonds. The van der Waals surface area contributed by atoms with Gasteiger partial charge >= 0.3 is 6.18 Å². The standard InChI is InChI=1S/C27H29F3N6OS/c1-6-37-35-23(31)20-14-32-25(38-15-16-7-9-17(10-8-16)26(2,3)4)22(33-20)24-34-19-13-18(27(28,29)30)11-12-21(19)36(24)5/h7-14H,6,15H2,1-5H3,(H2,31,35). The Hall–Kier alpha value is -3.60. The second kappa shape index (κ2) is 10.6. The van der Waals surface area contributed by atoms with E-state index >= 15 is 0 Å². The van der Waals surface area contributed by atoms with Crippen LogP contribution in [0.4, 0.5) is 13.2 Å². The normalized spacial score (nSPS) is 12.8. The summed E-state index contributed by atoms with van der Waals surface area (Å²) in [4.78, 5) is 18.8. The molecule has 0 atom stereocenters. The number of alkyl halides is 3. The third-order valence-corrected chi connectivity index (χ3v) is 6.96. The summed E-state index contributed by atoms with van der Waals surface area (Å²) in [6, 6.07) is 11.9. The molecule has 38 heavy (non-hydrogen) atoms. The molecular formula is C27H29F3N6OS. The number of thioether (sulfide) groups is 1. The topological polar surface area (TPSA) is 91.2 Å². The highest BCUT2D eigenvalue weighted by Crippen LogP contribution is 2.35. The van der Waals surface area contributed by atoms with Gasteiger partial charge in [0.2, 0.25) is 0 Å². The summed E-state index contributed by atoms with van der Waals surface area (Å²) in [5, 5.41) is 4.40. The molecule has 0 aliphatic rings. The molecule has 2 aromatic carbocycles. The number of hydrogen-bond acceptors (Lipinski definition) is 6. The minimum absolute atomic E-state index is 0.0352. The van der Waals surface area contributed by atoms with Gasteiger partial charge in [-0.25, -0.2) is 15.0 Å². The second-order valence-corrected chi connectivity index (χ2v) is 10.7. The molecule has 7 nitrogen and oxygen atoms in total. The highest BCUT2D eigenvalue weighted by molar-refractivity contribution is 7.98. The minimum atomic E-state index is -4.47. The first-order chi connectivity index (χ1) is 17.9. The maximum absolute atomic E-state index is 13.3. The lowest BCUT2D eigenvalue weighted by atomic mass is 9.87. The van der Waals surface area contributed by atoms with Crippen LogP contribution in [0.25, 0.3) is 22.6 Å². The van der Waals surface area contributed by atoms with Crippen molar-refractivity contribution in [3.05, 3.63) is 71.0 Å². The number of imidazole rings is 1. The highest BCUT2D eigenvalue weighted by Gasteiger charge is 2.31. The quantitative estimate of drug-likeness (QED) is 0.128. The molecular weight excluding hydrogens is 513 g/mol. The predicted octanol–water partition coefficient (Wildman–Crippen LogP) is 6.30. The zero-order valence-corrected chi connectivity index (χ0v) is 22.6. The zero-order chi connectivity index (χ0) is 27.7. The molecule has 2 aromatic heterocycles. The van der Waals surface area contributed by atoms with Crippen LogP contribution in [0.2, 0.25) is 0 Å². The van der Waals surface area contributed by atoms with Gasteiger partial charge < -0.3 is 15.1 Å². The molecule has 2 heterocycles. The van der Waals surface area contributed by atoms with E-state index in [1.807, 2.05) is 0 Å². The number of hydrogen-bond donors (Lipinski definition) is 1. The average molecular weight is 543 g/mol. The molecule has 4 rings (SSSR count). The fourth-order valence-corrected chi connectivity index (χ4v) is 4.67. The van der Waals surface area contributed by atoms with Crippen LogP contribution < -0.4 is 5.73 Å². The molecule has 0 aliphatic carbocycles. The van der Waals surface area contributed by atoms with E-state index in [-0.39, 0.29) is 22.5 Å². The number of amidine groups is 1. The molecule has 0 unspecified atom stereocenters. The van der Waals surface area contributed by atoms with Crippen LogP contribution in [-0.2, 0) is 29.2 Å². The van der Waals surface area contributed by atoms with E-state index in [0.717, 1.165) is 17.7 Å². The van der Waals surface area contributed by atoms with Crippen molar-refractivity contribution in [2.75, 3.05) is 6.61 Å². The monoisotopic (exact) mass is 542 g/mol. The van der Waals surface area contributed by atoms with E-state index in [1.165, 1.54) is 29.6 Å². The molecule has 200 valence electrons. The lowest BCUT2D eigenvalue weighted by Crippen LogP contribution is -2.17.